The summed E-state index contributed by atoms with van der Waals surface area (Å²) in [5.41, 5.74) is 2.87. The van der Waals surface area contributed by atoms with Crippen LogP contribution >= 0.6 is 0 Å². The van der Waals surface area contributed by atoms with E-state index < -0.39 is 0 Å². The zero-order chi connectivity index (χ0) is 12.4. The highest BCUT2D eigenvalue weighted by atomic mass is 15.1. The normalized spacial score (nSPS) is 14.0. The molecule has 0 saturated carbocycles. The molecule has 0 atom stereocenters. The largest absolute Gasteiger partial charge is 0.355 e. The molecule has 0 aromatic heterocycles. The van der Waals surface area contributed by atoms with Crippen molar-refractivity contribution in [3.63, 3.8) is 0 Å². The summed E-state index contributed by atoms with van der Waals surface area (Å²) in [7, 11) is 2.07. The summed E-state index contributed by atoms with van der Waals surface area (Å²) in [5, 5.41) is 0. The zero-order valence-electron chi connectivity index (χ0n) is 11.7. The van der Waals surface area contributed by atoms with Crippen molar-refractivity contribution in [1.82, 2.24) is 4.90 Å². The van der Waals surface area contributed by atoms with Gasteiger partial charge in [-0.05, 0) is 12.3 Å². The van der Waals surface area contributed by atoms with E-state index in [1.54, 1.807) is 0 Å². The van der Waals surface area contributed by atoms with E-state index in [1.165, 1.54) is 5.57 Å². The Bertz CT molecular complexity index is 258. The van der Waals surface area contributed by atoms with Gasteiger partial charge < -0.3 is 4.90 Å². The Kier molecular flexibility index (Phi) is 4.21. The number of nitrogens with zero attached hydrogens (tertiary/aromatic N) is 1. The summed E-state index contributed by atoms with van der Waals surface area (Å²) in [5.74, 6) is 0. The van der Waals surface area contributed by atoms with Gasteiger partial charge >= 0.3 is 0 Å². The van der Waals surface area contributed by atoms with Crippen LogP contribution in [0.25, 0.3) is 0 Å². The summed E-state index contributed by atoms with van der Waals surface area (Å²) in [6.45, 7) is 19.6. The van der Waals surface area contributed by atoms with Crippen molar-refractivity contribution in [2.45, 2.75) is 48.5 Å². The van der Waals surface area contributed by atoms with Crippen LogP contribution in [-0.2, 0) is 0 Å². The molecule has 88 valence electrons. The Morgan fingerprint density at radius 3 is 1.67 bits per heavy atom. The molecule has 0 aromatic rings. The minimum Gasteiger partial charge on any atom is -0.355 e. The summed E-state index contributed by atoms with van der Waals surface area (Å²) in [6.07, 6.45) is 2.19. The van der Waals surface area contributed by atoms with E-state index in [2.05, 4.69) is 73.2 Å². The summed E-state index contributed by atoms with van der Waals surface area (Å²) in [4.78, 5) is 2.14. The van der Waals surface area contributed by atoms with Gasteiger partial charge in [-0.2, -0.15) is 0 Å². The number of allylic oxidation sites excluding steroid dienone is 2. The van der Waals surface area contributed by atoms with Gasteiger partial charge in [-0.15, -0.1) is 0 Å². The van der Waals surface area contributed by atoms with Crippen molar-refractivity contribution in [2.24, 2.45) is 10.8 Å². The van der Waals surface area contributed by atoms with E-state index in [-0.39, 0.29) is 10.8 Å². The first kappa shape index (κ1) is 14.3. The van der Waals surface area contributed by atoms with Crippen LogP contribution < -0.4 is 0 Å². The molecule has 0 fully saturated rings. The van der Waals surface area contributed by atoms with Crippen molar-refractivity contribution in [3.05, 3.63) is 24.0 Å². The average Bonchev–Trinajstić information content (AvgIpc) is 1.99. The Morgan fingerprint density at radius 2 is 1.40 bits per heavy atom. The lowest BCUT2D eigenvalue weighted by Crippen LogP contribution is -2.23. The Balaban J connectivity index is 4.78. The molecule has 0 bridgehead atoms. The third-order valence-corrected chi connectivity index (χ3v) is 2.86. The van der Waals surface area contributed by atoms with Crippen LogP contribution in [0.1, 0.15) is 48.5 Å². The first-order valence-electron chi connectivity index (χ1n) is 5.57. The maximum Gasteiger partial charge on any atom is 0.0152 e. The quantitative estimate of drug-likeness (QED) is 0.650. The molecule has 1 heteroatoms. The average molecular weight is 209 g/mol. The second-order valence-corrected chi connectivity index (χ2v) is 6.37. The van der Waals surface area contributed by atoms with Crippen molar-refractivity contribution in [3.8, 4) is 0 Å². The van der Waals surface area contributed by atoms with Gasteiger partial charge in [0.1, 0.15) is 0 Å². The van der Waals surface area contributed by atoms with Crippen molar-refractivity contribution >= 4 is 0 Å². The summed E-state index contributed by atoms with van der Waals surface area (Å²) < 4.78 is 0. The molecule has 0 N–H and O–H groups in total. The SMILES string of the molecule is C=C(N(C)/C=C(\C)C(C)(C)C)C(C)(C)C. The lowest BCUT2D eigenvalue weighted by atomic mass is 9.87. The lowest BCUT2D eigenvalue weighted by molar-refractivity contribution is 0.370. The molecule has 0 aliphatic rings. The third kappa shape index (κ3) is 4.55. The second-order valence-electron chi connectivity index (χ2n) is 6.37. The number of hydrogen-bond acceptors (Lipinski definition) is 1. The van der Waals surface area contributed by atoms with Crippen LogP contribution in [0.4, 0.5) is 0 Å². The minimum atomic E-state index is 0.128. The molecule has 0 spiro atoms. The first-order valence-corrected chi connectivity index (χ1v) is 5.57. The van der Waals surface area contributed by atoms with Gasteiger partial charge in [-0.3, -0.25) is 0 Å². The van der Waals surface area contributed by atoms with Crippen molar-refractivity contribution < 1.29 is 0 Å². The van der Waals surface area contributed by atoms with E-state index in [9.17, 15) is 0 Å². The molecule has 0 aliphatic heterocycles. The molecule has 0 aromatic carbocycles. The number of rotatable bonds is 2. The van der Waals surface area contributed by atoms with Crippen molar-refractivity contribution in [1.29, 1.82) is 0 Å². The fraction of sp³-hybridized carbons (Fsp3) is 0.714. The molecule has 0 saturated heterocycles. The topological polar surface area (TPSA) is 3.24 Å². The second kappa shape index (κ2) is 4.42. The zero-order valence-corrected chi connectivity index (χ0v) is 11.7. The molecule has 0 aliphatic carbocycles. The maximum atomic E-state index is 4.14. The van der Waals surface area contributed by atoms with Gasteiger partial charge in [-0.25, -0.2) is 0 Å². The molecule has 0 heterocycles. The lowest BCUT2D eigenvalue weighted by Gasteiger charge is -2.31. The van der Waals surface area contributed by atoms with Crippen LogP contribution in [-0.4, -0.2) is 11.9 Å². The Hall–Kier alpha value is -0.720. The highest BCUT2D eigenvalue weighted by Gasteiger charge is 2.19. The molecule has 0 radical (unpaired) electrons. The van der Waals surface area contributed by atoms with Gasteiger partial charge in [0.2, 0.25) is 0 Å². The van der Waals surface area contributed by atoms with E-state index in [1.807, 2.05) is 0 Å². The highest BCUT2D eigenvalue weighted by Crippen LogP contribution is 2.29. The molecule has 0 amide bonds. The fourth-order valence-corrected chi connectivity index (χ4v) is 1.09. The van der Waals surface area contributed by atoms with Crippen LogP contribution in [0, 0.1) is 10.8 Å². The predicted octanol–water partition coefficient (Wildman–Crippen LogP) is 4.43. The monoisotopic (exact) mass is 209 g/mol. The van der Waals surface area contributed by atoms with Crippen LogP contribution in [0.2, 0.25) is 0 Å². The van der Waals surface area contributed by atoms with Gasteiger partial charge in [0.05, 0.1) is 0 Å². The van der Waals surface area contributed by atoms with Gasteiger partial charge in [0, 0.05) is 24.4 Å². The molecule has 0 rings (SSSR count). The third-order valence-electron chi connectivity index (χ3n) is 2.86. The first-order chi connectivity index (χ1) is 6.46. The van der Waals surface area contributed by atoms with E-state index in [0.717, 1.165) is 5.70 Å². The van der Waals surface area contributed by atoms with Crippen LogP contribution in [0.3, 0.4) is 0 Å². The summed E-state index contributed by atoms with van der Waals surface area (Å²) in [6, 6.07) is 0. The van der Waals surface area contributed by atoms with Crippen LogP contribution in [0.5, 0.6) is 0 Å². The highest BCUT2D eigenvalue weighted by molar-refractivity contribution is 5.13. The molecule has 0 unspecified atom stereocenters. The molecular weight excluding hydrogens is 182 g/mol. The smallest absolute Gasteiger partial charge is 0.0152 e. The Morgan fingerprint density at radius 1 is 1.00 bits per heavy atom. The molecule has 15 heavy (non-hydrogen) atoms. The van der Waals surface area contributed by atoms with Gasteiger partial charge in [-0.1, -0.05) is 53.7 Å². The van der Waals surface area contributed by atoms with E-state index in [0.29, 0.717) is 0 Å². The number of hydrogen-bond donors (Lipinski definition) is 0. The maximum absolute atomic E-state index is 4.14. The van der Waals surface area contributed by atoms with Crippen molar-refractivity contribution in [2.75, 3.05) is 7.05 Å². The fourth-order valence-electron chi connectivity index (χ4n) is 1.09. The predicted molar refractivity (Wildman–Crippen MR) is 69.6 cm³/mol. The van der Waals surface area contributed by atoms with Crippen LogP contribution in [0.15, 0.2) is 24.0 Å². The molecule has 1 nitrogen and oxygen atoms in total. The Labute approximate surface area is 95.9 Å². The van der Waals surface area contributed by atoms with Gasteiger partial charge in [0.15, 0.2) is 0 Å². The van der Waals surface area contributed by atoms with E-state index in [4.69, 9.17) is 0 Å². The summed E-state index contributed by atoms with van der Waals surface area (Å²) >= 11 is 0. The van der Waals surface area contributed by atoms with Gasteiger partial charge in [0.25, 0.3) is 0 Å². The molecular formula is C14H27N. The minimum absolute atomic E-state index is 0.128. The standard InChI is InChI=1S/C14H27N/c1-11(13(3,4)5)10-15(9)12(2)14(6,7)8/h10H,2H2,1,3-9H3/b11-10+. The van der Waals surface area contributed by atoms with E-state index >= 15 is 0 Å².